The van der Waals surface area contributed by atoms with Crippen molar-refractivity contribution < 1.29 is 4.39 Å². The molecule has 0 aliphatic heterocycles. The first kappa shape index (κ1) is 10.4. The number of nitrogen functional groups attached to an aromatic ring is 1. The number of hydrogen-bond donors (Lipinski definition) is 1. The predicted octanol–water partition coefficient (Wildman–Crippen LogP) is 3.05. The van der Waals surface area contributed by atoms with Crippen molar-refractivity contribution in [1.29, 1.82) is 0 Å². The molecule has 0 amide bonds. The molecular formula is C10H14FNS. The minimum Gasteiger partial charge on any atom is -0.399 e. The van der Waals surface area contributed by atoms with Crippen molar-refractivity contribution in [2.45, 2.75) is 19.1 Å². The Hall–Kier alpha value is -0.700. The van der Waals surface area contributed by atoms with Gasteiger partial charge in [0.1, 0.15) is 5.82 Å². The zero-order valence-electron chi connectivity index (χ0n) is 7.72. The van der Waals surface area contributed by atoms with Gasteiger partial charge in [-0.05, 0) is 35.9 Å². The molecule has 0 saturated carbocycles. The summed E-state index contributed by atoms with van der Waals surface area (Å²) >= 11 is 1.80. The lowest BCUT2D eigenvalue weighted by molar-refractivity contribution is 0.627. The van der Waals surface area contributed by atoms with Crippen LogP contribution in [0, 0.1) is 5.82 Å². The van der Waals surface area contributed by atoms with Gasteiger partial charge in [0.15, 0.2) is 0 Å². The molecule has 0 saturated heterocycles. The summed E-state index contributed by atoms with van der Waals surface area (Å²) in [6, 6.07) is 4.71. The van der Waals surface area contributed by atoms with Crippen LogP contribution in [0.3, 0.4) is 0 Å². The van der Waals surface area contributed by atoms with E-state index in [1.54, 1.807) is 17.8 Å². The van der Waals surface area contributed by atoms with Gasteiger partial charge in [-0.3, -0.25) is 0 Å². The van der Waals surface area contributed by atoms with Gasteiger partial charge in [0.05, 0.1) is 0 Å². The van der Waals surface area contributed by atoms with E-state index in [1.807, 2.05) is 6.07 Å². The number of rotatable bonds is 4. The maximum absolute atomic E-state index is 12.8. The van der Waals surface area contributed by atoms with Crippen LogP contribution in [0.25, 0.3) is 0 Å². The quantitative estimate of drug-likeness (QED) is 0.595. The predicted molar refractivity (Wildman–Crippen MR) is 57.3 cm³/mol. The number of hydrogen-bond acceptors (Lipinski definition) is 2. The summed E-state index contributed by atoms with van der Waals surface area (Å²) in [5.41, 5.74) is 6.99. The summed E-state index contributed by atoms with van der Waals surface area (Å²) in [5, 5.41) is 0. The Morgan fingerprint density at radius 2 is 2.15 bits per heavy atom. The lowest BCUT2D eigenvalue weighted by atomic mass is 10.2. The Morgan fingerprint density at radius 3 is 2.77 bits per heavy atom. The van der Waals surface area contributed by atoms with Gasteiger partial charge in [0, 0.05) is 11.4 Å². The summed E-state index contributed by atoms with van der Waals surface area (Å²) in [5.74, 6) is 1.71. The highest BCUT2D eigenvalue weighted by Crippen LogP contribution is 2.17. The SMILES string of the molecule is CCCSCc1cc(N)cc(F)c1. The van der Waals surface area contributed by atoms with Gasteiger partial charge in [0.25, 0.3) is 0 Å². The molecule has 2 N–H and O–H groups in total. The lowest BCUT2D eigenvalue weighted by Gasteiger charge is -2.02. The average molecular weight is 199 g/mol. The van der Waals surface area contributed by atoms with Crippen molar-refractivity contribution in [3.05, 3.63) is 29.6 Å². The molecule has 0 fully saturated rings. The standard InChI is InChI=1S/C10H14FNS/c1-2-3-13-7-8-4-9(11)6-10(12)5-8/h4-6H,2-3,7,12H2,1H3. The van der Waals surface area contributed by atoms with Gasteiger partial charge in [-0.1, -0.05) is 6.92 Å². The summed E-state index contributed by atoms with van der Waals surface area (Å²) in [7, 11) is 0. The molecule has 72 valence electrons. The van der Waals surface area contributed by atoms with E-state index in [0.29, 0.717) is 5.69 Å². The van der Waals surface area contributed by atoms with Crippen molar-refractivity contribution in [1.82, 2.24) is 0 Å². The molecule has 0 aromatic heterocycles. The summed E-state index contributed by atoms with van der Waals surface area (Å²) < 4.78 is 12.8. The largest absolute Gasteiger partial charge is 0.399 e. The first-order chi connectivity index (χ1) is 6.22. The maximum atomic E-state index is 12.8. The van der Waals surface area contributed by atoms with E-state index in [0.717, 1.165) is 23.5 Å². The maximum Gasteiger partial charge on any atom is 0.125 e. The van der Waals surface area contributed by atoms with E-state index in [2.05, 4.69) is 6.92 Å². The molecule has 0 unspecified atom stereocenters. The van der Waals surface area contributed by atoms with E-state index < -0.39 is 0 Å². The highest BCUT2D eigenvalue weighted by molar-refractivity contribution is 7.98. The first-order valence-corrected chi connectivity index (χ1v) is 5.50. The van der Waals surface area contributed by atoms with Gasteiger partial charge >= 0.3 is 0 Å². The van der Waals surface area contributed by atoms with Crippen LogP contribution in [0.4, 0.5) is 10.1 Å². The Labute approximate surface area is 82.5 Å². The van der Waals surface area contributed by atoms with Crippen molar-refractivity contribution >= 4 is 17.4 Å². The van der Waals surface area contributed by atoms with Crippen LogP contribution >= 0.6 is 11.8 Å². The second kappa shape index (κ2) is 5.12. The van der Waals surface area contributed by atoms with E-state index in [-0.39, 0.29) is 5.82 Å². The molecule has 0 aliphatic rings. The molecule has 1 aromatic carbocycles. The highest BCUT2D eigenvalue weighted by Gasteiger charge is 1.98. The smallest absolute Gasteiger partial charge is 0.125 e. The highest BCUT2D eigenvalue weighted by atomic mass is 32.2. The molecule has 1 rings (SSSR count). The van der Waals surface area contributed by atoms with E-state index in [1.165, 1.54) is 6.07 Å². The number of halogens is 1. The fourth-order valence-electron chi connectivity index (χ4n) is 1.09. The Morgan fingerprint density at radius 1 is 1.38 bits per heavy atom. The molecule has 0 spiro atoms. The van der Waals surface area contributed by atoms with Gasteiger partial charge in [0.2, 0.25) is 0 Å². The minimum absolute atomic E-state index is 0.243. The van der Waals surface area contributed by atoms with Crippen LogP contribution in [0.2, 0.25) is 0 Å². The fraction of sp³-hybridized carbons (Fsp3) is 0.400. The van der Waals surface area contributed by atoms with Gasteiger partial charge in [-0.25, -0.2) is 4.39 Å². The van der Waals surface area contributed by atoms with Gasteiger partial charge in [-0.15, -0.1) is 0 Å². The third-order valence-electron chi connectivity index (χ3n) is 1.60. The number of thioether (sulfide) groups is 1. The Kier molecular flexibility index (Phi) is 4.09. The zero-order valence-corrected chi connectivity index (χ0v) is 8.53. The second-order valence-electron chi connectivity index (χ2n) is 2.95. The fourth-order valence-corrected chi connectivity index (χ4v) is 1.93. The van der Waals surface area contributed by atoms with Crippen LogP contribution in [-0.4, -0.2) is 5.75 Å². The van der Waals surface area contributed by atoms with Crippen LogP contribution in [0.5, 0.6) is 0 Å². The molecule has 1 aromatic rings. The molecule has 3 heteroatoms. The summed E-state index contributed by atoms with van der Waals surface area (Å²) in [6.07, 6.45) is 1.15. The monoisotopic (exact) mass is 199 g/mol. The summed E-state index contributed by atoms with van der Waals surface area (Å²) in [6.45, 7) is 2.13. The molecule has 0 bridgehead atoms. The van der Waals surface area contributed by atoms with Crippen LogP contribution in [-0.2, 0) is 5.75 Å². The van der Waals surface area contributed by atoms with Crippen molar-refractivity contribution in [2.75, 3.05) is 11.5 Å². The molecule has 1 nitrogen and oxygen atoms in total. The van der Waals surface area contributed by atoms with Crippen molar-refractivity contribution in [3.8, 4) is 0 Å². The normalized spacial score (nSPS) is 10.3. The Balaban J connectivity index is 2.56. The number of nitrogens with two attached hydrogens (primary N) is 1. The third kappa shape index (κ3) is 3.68. The van der Waals surface area contributed by atoms with Gasteiger partial charge in [-0.2, -0.15) is 11.8 Å². The molecule has 13 heavy (non-hydrogen) atoms. The van der Waals surface area contributed by atoms with Crippen molar-refractivity contribution in [3.63, 3.8) is 0 Å². The molecule has 0 radical (unpaired) electrons. The molecular weight excluding hydrogens is 185 g/mol. The van der Waals surface area contributed by atoms with Crippen LogP contribution < -0.4 is 5.73 Å². The zero-order chi connectivity index (χ0) is 9.68. The van der Waals surface area contributed by atoms with Crippen LogP contribution in [0.15, 0.2) is 18.2 Å². The first-order valence-electron chi connectivity index (χ1n) is 4.35. The minimum atomic E-state index is -0.243. The average Bonchev–Trinajstić information content (AvgIpc) is 2.03. The molecule has 0 atom stereocenters. The van der Waals surface area contributed by atoms with Crippen molar-refractivity contribution in [2.24, 2.45) is 0 Å². The number of benzene rings is 1. The molecule has 0 heterocycles. The third-order valence-corrected chi connectivity index (χ3v) is 2.83. The van der Waals surface area contributed by atoms with E-state index in [9.17, 15) is 4.39 Å². The van der Waals surface area contributed by atoms with Crippen LogP contribution in [0.1, 0.15) is 18.9 Å². The summed E-state index contributed by atoms with van der Waals surface area (Å²) in [4.78, 5) is 0. The van der Waals surface area contributed by atoms with E-state index >= 15 is 0 Å². The van der Waals surface area contributed by atoms with E-state index in [4.69, 9.17) is 5.73 Å². The number of anilines is 1. The topological polar surface area (TPSA) is 26.0 Å². The lowest BCUT2D eigenvalue weighted by Crippen LogP contribution is -1.90. The second-order valence-corrected chi connectivity index (χ2v) is 4.05. The molecule has 0 aliphatic carbocycles. The van der Waals surface area contributed by atoms with Gasteiger partial charge < -0.3 is 5.73 Å². The Bertz CT molecular complexity index is 255.